The quantitative estimate of drug-likeness (QED) is 0.148. The molecule has 0 bridgehead atoms. The van der Waals surface area contributed by atoms with Crippen LogP contribution in [0.2, 0.25) is 0 Å². The Morgan fingerprint density at radius 1 is 0.744 bits per heavy atom. The molecule has 0 aliphatic heterocycles. The number of rotatable bonds is 15. The van der Waals surface area contributed by atoms with Crippen molar-refractivity contribution >= 4 is 29.6 Å². The molecular formula is C27H35N5O7. The predicted octanol–water partition coefficient (Wildman–Crippen LogP) is -1.02. The summed E-state index contributed by atoms with van der Waals surface area (Å²) in [5.41, 5.74) is 12.2. The van der Waals surface area contributed by atoms with Crippen LogP contribution in [0.25, 0.3) is 0 Å². The molecule has 0 saturated heterocycles. The van der Waals surface area contributed by atoms with Crippen LogP contribution < -0.4 is 27.4 Å². The van der Waals surface area contributed by atoms with Crippen LogP contribution in [0.4, 0.5) is 0 Å². The summed E-state index contributed by atoms with van der Waals surface area (Å²) in [5, 5.41) is 26.8. The first-order valence-electron chi connectivity index (χ1n) is 12.4. The van der Waals surface area contributed by atoms with E-state index in [-0.39, 0.29) is 25.7 Å². The largest absolute Gasteiger partial charge is 0.480 e. The van der Waals surface area contributed by atoms with Gasteiger partial charge in [0.25, 0.3) is 0 Å². The van der Waals surface area contributed by atoms with Crippen LogP contribution >= 0.6 is 0 Å². The average molecular weight is 542 g/mol. The Bertz CT molecular complexity index is 1130. The minimum absolute atomic E-state index is 0.0137. The molecule has 2 aromatic rings. The number of carboxylic acids is 1. The summed E-state index contributed by atoms with van der Waals surface area (Å²) in [5.74, 6) is -4.38. The van der Waals surface area contributed by atoms with Crippen molar-refractivity contribution in [3.05, 3.63) is 71.8 Å². The van der Waals surface area contributed by atoms with E-state index in [0.717, 1.165) is 0 Å². The highest BCUT2D eigenvalue weighted by Crippen LogP contribution is 2.08. The summed E-state index contributed by atoms with van der Waals surface area (Å²) in [6.07, 6.45) is -1.62. The fraction of sp³-hybridized carbons (Fsp3) is 0.370. The molecule has 5 atom stereocenters. The summed E-state index contributed by atoms with van der Waals surface area (Å²) in [7, 11) is 0. The van der Waals surface area contributed by atoms with Crippen molar-refractivity contribution in [3.8, 4) is 0 Å². The summed E-state index contributed by atoms with van der Waals surface area (Å²) in [4.78, 5) is 62.2. The number of carboxylic acid groups (broad SMARTS) is 1. The Hall–Kier alpha value is -4.29. The van der Waals surface area contributed by atoms with Crippen LogP contribution in [0.15, 0.2) is 60.7 Å². The van der Waals surface area contributed by atoms with Gasteiger partial charge in [-0.1, -0.05) is 60.7 Å². The number of primary amides is 1. The zero-order valence-electron chi connectivity index (χ0n) is 21.6. The molecule has 0 spiro atoms. The van der Waals surface area contributed by atoms with Crippen LogP contribution in [0.1, 0.15) is 30.9 Å². The van der Waals surface area contributed by atoms with Gasteiger partial charge in [-0.05, 0) is 24.5 Å². The molecule has 0 aliphatic rings. The van der Waals surface area contributed by atoms with Crippen LogP contribution in [-0.4, -0.2) is 70.1 Å². The number of aliphatic hydroxyl groups excluding tert-OH is 1. The predicted molar refractivity (Wildman–Crippen MR) is 142 cm³/mol. The number of nitrogens with one attached hydrogen (secondary N) is 3. The number of hydrogen-bond donors (Lipinski definition) is 7. The standard InChI is InChI=1S/C27H35N5O7/c1-16(33)23(29)26(37)30-19(12-13-22(28)34)24(35)31-20(14-17-8-4-2-5-9-17)25(36)32-21(27(38)39)15-18-10-6-3-7-11-18/h2-11,16,19-21,23,33H,12-15,29H2,1H3,(H2,28,34)(H,30,37)(H,31,35)(H,32,36)(H,38,39). The third-order valence-corrected chi connectivity index (χ3v) is 5.95. The average Bonchev–Trinajstić information content (AvgIpc) is 2.90. The summed E-state index contributed by atoms with van der Waals surface area (Å²) in [6.45, 7) is 1.30. The number of benzene rings is 2. The second-order valence-electron chi connectivity index (χ2n) is 9.17. The zero-order chi connectivity index (χ0) is 28.9. The molecule has 0 aromatic heterocycles. The number of amides is 4. The second-order valence-corrected chi connectivity index (χ2v) is 9.17. The fourth-order valence-corrected chi connectivity index (χ4v) is 3.70. The first-order valence-corrected chi connectivity index (χ1v) is 12.4. The maximum atomic E-state index is 13.3. The molecule has 39 heavy (non-hydrogen) atoms. The molecule has 0 heterocycles. The molecule has 2 aromatic carbocycles. The minimum Gasteiger partial charge on any atom is -0.480 e. The van der Waals surface area contributed by atoms with Gasteiger partial charge in [-0.15, -0.1) is 0 Å². The molecule has 0 aliphatic carbocycles. The SMILES string of the molecule is CC(O)C(N)C(=O)NC(CCC(N)=O)C(=O)NC(Cc1ccccc1)C(=O)NC(Cc1ccccc1)C(=O)O. The lowest BCUT2D eigenvalue weighted by Gasteiger charge is -2.25. The van der Waals surface area contributed by atoms with Gasteiger partial charge in [0.15, 0.2) is 0 Å². The van der Waals surface area contributed by atoms with Gasteiger partial charge in [-0.2, -0.15) is 0 Å². The van der Waals surface area contributed by atoms with Gasteiger partial charge in [0.2, 0.25) is 23.6 Å². The van der Waals surface area contributed by atoms with E-state index in [1.165, 1.54) is 6.92 Å². The summed E-state index contributed by atoms with van der Waals surface area (Å²) >= 11 is 0. The van der Waals surface area contributed by atoms with Crippen LogP contribution in [0.3, 0.4) is 0 Å². The van der Waals surface area contributed by atoms with Crippen molar-refractivity contribution in [2.45, 2.75) is 62.9 Å². The van der Waals surface area contributed by atoms with Gasteiger partial charge in [0.1, 0.15) is 24.2 Å². The van der Waals surface area contributed by atoms with Crippen molar-refractivity contribution in [3.63, 3.8) is 0 Å². The molecule has 5 unspecified atom stereocenters. The van der Waals surface area contributed by atoms with Gasteiger partial charge in [0.05, 0.1) is 6.10 Å². The number of nitrogens with two attached hydrogens (primary N) is 2. The maximum absolute atomic E-state index is 13.3. The van der Waals surface area contributed by atoms with E-state index in [1.807, 2.05) is 0 Å². The zero-order valence-corrected chi connectivity index (χ0v) is 21.6. The van der Waals surface area contributed by atoms with Crippen molar-refractivity contribution < 1.29 is 34.2 Å². The van der Waals surface area contributed by atoms with E-state index in [9.17, 15) is 34.2 Å². The van der Waals surface area contributed by atoms with Crippen molar-refractivity contribution in [1.82, 2.24) is 16.0 Å². The molecule has 9 N–H and O–H groups in total. The Labute approximate surface area is 226 Å². The highest BCUT2D eigenvalue weighted by Gasteiger charge is 2.31. The number of aliphatic carboxylic acids is 1. The molecule has 12 nitrogen and oxygen atoms in total. The van der Waals surface area contributed by atoms with Gasteiger partial charge in [0, 0.05) is 19.3 Å². The molecule has 2 rings (SSSR count). The lowest BCUT2D eigenvalue weighted by atomic mass is 10.0. The molecule has 0 radical (unpaired) electrons. The Kier molecular flexibility index (Phi) is 12.1. The number of hydrogen-bond acceptors (Lipinski definition) is 7. The van der Waals surface area contributed by atoms with E-state index in [4.69, 9.17) is 11.5 Å². The monoisotopic (exact) mass is 541 g/mol. The third kappa shape index (κ3) is 10.5. The topological polar surface area (TPSA) is 214 Å². The lowest BCUT2D eigenvalue weighted by molar-refractivity contribution is -0.142. The van der Waals surface area contributed by atoms with Crippen molar-refractivity contribution in [2.24, 2.45) is 11.5 Å². The van der Waals surface area contributed by atoms with Crippen LogP contribution in [0.5, 0.6) is 0 Å². The van der Waals surface area contributed by atoms with Gasteiger partial charge < -0.3 is 37.6 Å². The summed E-state index contributed by atoms with van der Waals surface area (Å²) in [6, 6.07) is 12.3. The van der Waals surface area contributed by atoms with E-state index in [2.05, 4.69) is 16.0 Å². The van der Waals surface area contributed by atoms with Crippen LogP contribution in [-0.2, 0) is 36.8 Å². The van der Waals surface area contributed by atoms with Gasteiger partial charge in [-0.25, -0.2) is 4.79 Å². The van der Waals surface area contributed by atoms with Crippen molar-refractivity contribution in [1.29, 1.82) is 0 Å². The summed E-state index contributed by atoms with van der Waals surface area (Å²) < 4.78 is 0. The molecule has 0 saturated carbocycles. The number of carbonyl (C=O) groups excluding carboxylic acids is 4. The van der Waals surface area contributed by atoms with Crippen molar-refractivity contribution in [2.75, 3.05) is 0 Å². The molecule has 0 fully saturated rings. The number of carbonyl (C=O) groups is 5. The maximum Gasteiger partial charge on any atom is 0.326 e. The first kappa shape index (κ1) is 30.9. The smallest absolute Gasteiger partial charge is 0.326 e. The highest BCUT2D eigenvalue weighted by molar-refractivity contribution is 5.94. The van der Waals surface area contributed by atoms with Gasteiger partial charge >= 0.3 is 5.97 Å². The van der Waals surface area contributed by atoms with Gasteiger partial charge in [-0.3, -0.25) is 19.2 Å². The van der Waals surface area contributed by atoms with Crippen LogP contribution in [0, 0.1) is 0 Å². The second kappa shape index (κ2) is 15.2. The Morgan fingerprint density at radius 3 is 1.64 bits per heavy atom. The Morgan fingerprint density at radius 2 is 1.18 bits per heavy atom. The van der Waals surface area contributed by atoms with E-state index in [1.54, 1.807) is 60.7 Å². The molecular weight excluding hydrogens is 506 g/mol. The van der Waals surface area contributed by atoms with E-state index < -0.39 is 59.9 Å². The fourth-order valence-electron chi connectivity index (χ4n) is 3.70. The molecule has 210 valence electrons. The van der Waals surface area contributed by atoms with E-state index >= 15 is 0 Å². The lowest BCUT2D eigenvalue weighted by Crippen LogP contribution is -2.58. The third-order valence-electron chi connectivity index (χ3n) is 5.95. The first-order chi connectivity index (χ1) is 18.5. The van der Waals surface area contributed by atoms with E-state index in [0.29, 0.717) is 11.1 Å². The Balaban J connectivity index is 2.26. The minimum atomic E-state index is -1.34. The number of aliphatic hydroxyl groups is 1. The molecule has 12 heteroatoms. The molecule has 4 amide bonds. The highest BCUT2D eigenvalue weighted by atomic mass is 16.4. The normalized spacial score (nSPS) is 14.6.